The third-order valence-electron chi connectivity index (χ3n) is 3.79. The van der Waals surface area contributed by atoms with Crippen LogP contribution in [0.4, 0.5) is 10.6 Å². The Morgan fingerprint density at radius 1 is 1.32 bits per heavy atom. The minimum atomic E-state index is -0.529. The summed E-state index contributed by atoms with van der Waals surface area (Å²) in [5, 5.41) is 0. The molecule has 1 atom stereocenters. The molecule has 25 heavy (non-hydrogen) atoms. The lowest BCUT2D eigenvalue weighted by molar-refractivity contribution is 0.0158. The van der Waals surface area contributed by atoms with E-state index >= 15 is 0 Å². The first-order valence-corrected chi connectivity index (χ1v) is 8.90. The van der Waals surface area contributed by atoms with Gasteiger partial charge in [0.1, 0.15) is 17.0 Å². The fourth-order valence-electron chi connectivity index (χ4n) is 2.69. The molecule has 0 N–H and O–H groups in total. The van der Waals surface area contributed by atoms with E-state index in [4.69, 9.17) is 9.47 Å². The summed E-state index contributed by atoms with van der Waals surface area (Å²) < 4.78 is 11.0. The van der Waals surface area contributed by atoms with Gasteiger partial charge in [-0.05, 0) is 49.7 Å². The summed E-state index contributed by atoms with van der Waals surface area (Å²) in [6.07, 6.45) is 1.32. The highest BCUT2D eigenvalue weighted by molar-refractivity contribution is 9.10. The average Bonchev–Trinajstić information content (AvgIpc) is 2.52. The first-order chi connectivity index (χ1) is 11.6. The van der Waals surface area contributed by atoms with Crippen LogP contribution in [0.5, 0.6) is 0 Å². The number of aromatic nitrogens is 1. The van der Waals surface area contributed by atoms with Gasteiger partial charge < -0.3 is 19.3 Å². The maximum atomic E-state index is 12.3. The molecule has 0 spiro atoms. The van der Waals surface area contributed by atoms with E-state index in [1.165, 1.54) is 7.11 Å². The van der Waals surface area contributed by atoms with Crippen LogP contribution in [0.15, 0.2) is 16.7 Å². The molecule has 2 rings (SSSR count). The van der Waals surface area contributed by atoms with Crippen LogP contribution in [-0.2, 0) is 9.47 Å². The highest BCUT2D eigenvalue weighted by atomic mass is 79.9. The Labute approximate surface area is 156 Å². The summed E-state index contributed by atoms with van der Waals surface area (Å²) in [6, 6.07) is 1.62. The number of carbonyl (C=O) groups is 2. The zero-order valence-electron chi connectivity index (χ0n) is 15.2. The molecule has 7 nitrogen and oxygen atoms in total. The number of ether oxygens (including phenoxy) is 2. The summed E-state index contributed by atoms with van der Waals surface area (Å²) >= 11 is 3.33. The molecule has 2 heterocycles. The molecule has 0 bridgehead atoms. The summed E-state index contributed by atoms with van der Waals surface area (Å²) in [7, 11) is 1.34. The van der Waals surface area contributed by atoms with Gasteiger partial charge >= 0.3 is 12.1 Å². The number of halogens is 1. The third-order valence-corrected chi connectivity index (χ3v) is 4.23. The second-order valence-corrected chi connectivity index (χ2v) is 7.90. The normalized spacial score (nSPS) is 18.1. The molecule has 1 aromatic rings. The van der Waals surface area contributed by atoms with Crippen molar-refractivity contribution in [3.05, 3.63) is 22.3 Å². The molecule has 1 saturated heterocycles. The number of pyridine rings is 1. The van der Waals surface area contributed by atoms with Crippen LogP contribution in [0.2, 0.25) is 0 Å². The number of esters is 1. The predicted octanol–water partition coefficient (Wildman–Crippen LogP) is 3.08. The first kappa shape index (κ1) is 19.5. The number of carbonyl (C=O) groups excluding carboxylic acids is 2. The van der Waals surface area contributed by atoms with Crippen LogP contribution >= 0.6 is 15.9 Å². The van der Waals surface area contributed by atoms with Crippen molar-refractivity contribution in [2.75, 3.05) is 31.6 Å². The molecule has 0 saturated carbocycles. The Bertz CT molecular complexity index is 660. The van der Waals surface area contributed by atoms with Crippen molar-refractivity contribution in [2.24, 2.45) is 0 Å². The standard InChI is InChI=1S/C17H24BrN3O4/c1-11-10-20(6-7-21(11)16(23)25-17(2,3)4)14-13(15(22)24-5)8-12(18)9-19-14/h8-9,11H,6-7,10H2,1-5H3/t11-/m1/s1. The second kappa shape index (κ2) is 7.59. The quantitative estimate of drug-likeness (QED) is 0.693. The average molecular weight is 414 g/mol. The molecule has 1 aliphatic heterocycles. The Balaban J connectivity index is 2.16. The van der Waals surface area contributed by atoms with Gasteiger partial charge in [-0.25, -0.2) is 14.6 Å². The number of hydrogen-bond acceptors (Lipinski definition) is 6. The number of piperazine rings is 1. The van der Waals surface area contributed by atoms with Gasteiger partial charge in [0, 0.05) is 36.3 Å². The molecule has 1 amide bonds. The van der Waals surface area contributed by atoms with Crippen LogP contribution in [-0.4, -0.2) is 60.3 Å². The fourth-order valence-corrected chi connectivity index (χ4v) is 3.02. The summed E-state index contributed by atoms with van der Waals surface area (Å²) in [6.45, 7) is 9.10. The van der Waals surface area contributed by atoms with Gasteiger partial charge in [0.25, 0.3) is 0 Å². The van der Waals surface area contributed by atoms with Crippen LogP contribution in [0, 0.1) is 0 Å². The number of amides is 1. The molecule has 1 aliphatic rings. The number of anilines is 1. The molecule has 0 unspecified atom stereocenters. The van der Waals surface area contributed by atoms with E-state index in [2.05, 4.69) is 20.9 Å². The molecule has 0 aliphatic carbocycles. The van der Waals surface area contributed by atoms with E-state index in [9.17, 15) is 9.59 Å². The van der Waals surface area contributed by atoms with Gasteiger partial charge in [-0.3, -0.25) is 0 Å². The lowest BCUT2D eigenvalue weighted by Crippen LogP contribution is -2.55. The Hall–Kier alpha value is -1.83. The number of nitrogens with zero attached hydrogens (tertiary/aromatic N) is 3. The van der Waals surface area contributed by atoms with Gasteiger partial charge in [-0.1, -0.05) is 0 Å². The van der Waals surface area contributed by atoms with E-state index in [1.54, 1.807) is 17.2 Å². The molecular formula is C17H24BrN3O4. The van der Waals surface area contributed by atoms with E-state index in [-0.39, 0.29) is 12.1 Å². The topological polar surface area (TPSA) is 72.0 Å². The predicted molar refractivity (Wildman–Crippen MR) is 97.9 cm³/mol. The van der Waals surface area contributed by atoms with Crippen molar-refractivity contribution in [1.82, 2.24) is 9.88 Å². The van der Waals surface area contributed by atoms with Crippen molar-refractivity contribution in [2.45, 2.75) is 39.3 Å². The Kier molecular flexibility index (Phi) is 5.92. The van der Waals surface area contributed by atoms with Crippen molar-refractivity contribution < 1.29 is 19.1 Å². The van der Waals surface area contributed by atoms with Crippen LogP contribution in [0.3, 0.4) is 0 Å². The molecule has 1 aromatic heterocycles. The molecule has 1 fully saturated rings. The van der Waals surface area contributed by atoms with Crippen molar-refractivity contribution in [1.29, 1.82) is 0 Å². The van der Waals surface area contributed by atoms with E-state index in [0.717, 1.165) is 0 Å². The van der Waals surface area contributed by atoms with Gasteiger partial charge in [0.05, 0.1) is 7.11 Å². The maximum absolute atomic E-state index is 12.3. The van der Waals surface area contributed by atoms with Crippen LogP contribution < -0.4 is 4.90 Å². The molecule has 8 heteroatoms. The zero-order valence-corrected chi connectivity index (χ0v) is 16.8. The van der Waals surface area contributed by atoms with Gasteiger partial charge in [-0.2, -0.15) is 0 Å². The van der Waals surface area contributed by atoms with Crippen LogP contribution in [0.1, 0.15) is 38.1 Å². The summed E-state index contributed by atoms with van der Waals surface area (Å²) in [5.41, 5.74) is -0.131. The second-order valence-electron chi connectivity index (χ2n) is 6.99. The SMILES string of the molecule is COC(=O)c1cc(Br)cnc1N1CCN(C(=O)OC(C)(C)C)[C@H](C)C1. The highest BCUT2D eigenvalue weighted by Gasteiger charge is 2.32. The molecule has 0 radical (unpaired) electrons. The largest absolute Gasteiger partial charge is 0.465 e. The van der Waals surface area contributed by atoms with Crippen molar-refractivity contribution in [3.63, 3.8) is 0 Å². The van der Waals surface area contributed by atoms with Gasteiger partial charge in [0.2, 0.25) is 0 Å². The third kappa shape index (κ3) is 4.84. The van der Waals surface area contributed by atoms with Crippen LogP contribution in [0.25, 0.3) is 0 Å². The Morgan fingerprint density at radius 2 is 2.00 bits per heavy atom. The number of hydrogen-bond donors (Lipinski definition) is 0. The minimum Gasteiger partial charge on any atom is -0.465 e. The molecular weight excluding hydrogens is 390 g/mol. The summed E-state index contributed by atoms with van der Waals surface area (Å²) in [4.78, 5) is 32.4. The van der Waals surface area contributed by atoms with Crippen molar-refractivity contribution >= 4 is 33.8 Å². The maximum Gasteiger partial charge on any atom is 0.410 e. The number of methoxy groups -OCH3 is 1. The van der Waals surface area contributed by atoms with Crippen molar-refractivity contribution in [3.8, 4) is 0 Å². The first-order valence-electron chi connectivity index (χ1n) is 8.11. The molecule has 0 aromatic carbocycles. The lowest BCUT2D eigenvalue weighted by Gasteiger charge is -2.41. The smallest absolute Gasteiger partial charge is 0.410 e. The Morgan fingerprint density at radius 3 is 2.56 bits per heavy atom. The molecule has 138 valence electrons. The van der Waals surface area contributed by atoms with E-state index < -0.39 is 11.6 Å². The number of rotatable bonds is 2. The lowest BCUT2D eigenvalue weighted by atomic mass is 10.1. The van der Waals surface area contributed by atoms with E-state index in [1.807, 2.05) is 32.6 Å². The minimum absolute atomic E-state index is 0.0699. The fraction of sp³-hybridized carbons (Fsp3) is 0.588. The van der Waals surface area contributed by atoms with E-state index in [0.29, 0.717) is 35.5 Å². The highest BCUT2D eigenvalue weighted by Crippen LogP contribution is 2.25. The summed E-state index contributed by atoms with van der Waals surface area (Å²) in [5.74, 6) is 0.122. The van der Waals surface area contributed by atoms with Gasteiger partial charge in [0.15, 0.2) is 0 Å². The van der Waals surface area contributed by atoms with Gasteiger partial charge in [-0.15, -0.1) is 0 Å². The monoisotopic (exact) mass is 413 g/mol. The zero-order chi connectivity index (χ0) is 18.8.